The summed E-state index contributed by atoms with van der Waals surface area (Å²) in [6.07, 6.45) is 3.99. The molecular weight excluding hydrogens is 348 g/mol. The van der Waals surface area contributed by atoms with Crippen molar-refractivity contribution in [2.75, 3.05) is 7.11 Å². The summed E-state index contributed by atoms with van der Waals surface area (Å²) in [6, 6.07) is 7.87. The second-order valence-corrected chi connectivity index (χ2v) is 6.75. The molecule has 3 aromatic heterocycles. The molecule has 0 amide bonds. The zero-order valence-electron chi connectivity index (χ0n) is 14.5. The first kappa shape index (κ1) is 16.5. The maximum atomic E-state index is 6.07. The molecule has 26 heavy (non-hydrogen) atoms. The number of fused-ring (bicyclic) bond motifs is 3. The molecule has 0 fully saturated rings. The van der Waals surface area contributed by atoms with Gasteiger partial charge in [0.05, 0.1) is 12.5 Å². The standard InChI is InChI=1S/C19H18N4O2S/c1-4-5-13-6-7-15(16(10-13)24-3)25-12(2)17-21-18-14-8-9-26-19(14)20-11-23(18)22-17/h4,6-12H,1,5H2,2-3H3. The van der Waals surface area contributed by atoms with Crippen LogP contribution in [-0.4, -0.2) is 26.7 Å². The second kappa shape index (κ2) is 6.76. The third-order valence-corrected chi connectivity index (χ3v) is 4.91. The van der Waals surface area contributed by atoms with Crippen molar-refractivity contribution in [2.24, 2.45) is 0 Å². The van der Waals surface area contributed by atoms with Gasteiger partial charge >= 0.3 is 0 Å². The maximum Gasteiger partial charge on any atom is 0.192 e. The van der Waals surface area contributed by atoms with Crippen molar-refractivity contribution < 1.29 is 9.47 Å². The number of allylic oxidation sites excluding steroid dienone is 1. The Labute approximate surface area is 154 Å². The average Bonchev–Trinajstić information content (AvgIpc) is 3.29. The Kier molecular flexibility index (Phi) is 4.30. The number of nitrogens with zero attached hydrogens (tertiary/aromatic N) is 4. The highest BCUT2D eigenvalue weighted by atomic mass is 32.1. The lowest BCUT2D eigenvalue weighted by molar-refractivity contribution is 0.206. The second-order valence-electron chi connectivity index (χ2n) is 5.86. The van der Waals surface area contributed by atoms with Gasteiger partial charge in [-0.15, -0.1) is 23.0 Å². The monoisotopic (exact) mass is 366 g/mol. The summed E-state index contributed by atoms with van der Waals surface area (Å²) in [5, 5.41) is 7.51. The lowest BCUT2D eigenvalue weighted by Gasteiger charge is -2.15. The average molecular weight is 366 g/mol. The van der Waals surface area contributed by atoms with E-state index in [0.717, 1.165) is 27.8 Å². The SMILES string of the molecule is C=CCc1ccc(OC(C)c2nc3c4ccsc4ncn3n2)c(OC)c1. The lowest BCUT2D eigenvalue weighted by atomic mass is 10.1. The molecule has 0 bridgehead atoms. The number of methoxy groups -OCH3 is 1. The van der Waals surface area contributed by atoms with Crippen molar-refractivity contribution in [1.29, 1.82) is 0 Å². The molecule has 0 spiro atoms. The predicted octanol–water partition coefficient (Wildman–Crippen LogP) is 4.22. The number of aromatic nitrogens is 4. The van der Waals surface area contributed by atoms with Crippen molar-refractivity contribution in [3.63, 3.8) is 0 Å². The number of hydrogen-bond donors (Lipinski definition) is 0. The summed E-state index contributed by atoms with van der Waals surface area (Å²) in [4.78, 5) is 9.99. The molecule has 132 valence electrons. The molecule has 6 nitrogen and oxygen atoms in total. The number of benzene rings is 1. The zero-order chi connectivity index (χ0) is 18.1. The molecule has 0 saturated carbocycles. The maximum absolute atomic E-state index is 6.07. The molecule has 0 N–H and O–H groups in total. The molecule has 7 heteroatoms. The van der Waals surface area contributed by atoms with Gasteiger partial charge in [0, 0.05) is 0 Å². The normalized spacial score (nSPS) is 12.4. The van der Waals surface area contributed by atoms with Crippen LogP contribution >= 0.6 is 11.3 Å². The van der Waals surface area contributed by atoms with Crippen LogP contribution in [0.5, 0.6) is 11.5 Å². The molecule has 0 saturated heterocycles. The van der Waals surface area contributed by atoms with Crippen LogP contribution in [0.4, 0.5) is 0 Å². The van der Waals surface area contributed by atoms with E-state index in [0.29, 0.717) is 17.3 Å². The van der Waals surface area contributed by atoms with Crippen LogP contribution in [0.3, 0.4) is 0 Å². The molecule has 1 aromatic carbocycles. The highest BCUT2D eigenvalue weighted by molar-refractivity contribution is 7.16. The zero-order valence-corrected chi connectivity index (χ0v) is 15.4. The van der Waals surface area contributed by atoms with E-state index in [9.17, 15) is 0 Å². The molecule has 0 radical (unpaired) electrons. The van der Waals surface area contributed by atoms with E-state index in [-0.39, 0.29) is 6.10 Å². The van der Waals surface area contributed by atoms with Gasteiger partial charge in [0.2, 0.25) is 0 Å². The first-order valence-corrected chi connectivity index (χ1v) is 9.10. The van der Waals surface area contributed by atoms with Crippen LogP contribution in [-0.2, 0) is 6.42 Å². The van der Waals surface area contributed by atoms with Gasteiger partial charge in [0.1, 0.15) is 11.2 Å². The van der Waals surface area contributed by atoms with Gasteiger partial charge in [-0.1, -0.05) is 12.1 Å². The van der Waals surface area contributed by atoms with Crippen molar-refractivity contribution >= 4 is 27.2 Å². The van der Waals surface area contributed by atoms with E-state index >= 15 is 0 Å². The number of thiophene rings is 1. The minimum absolute atomic E-state index is 0.331. The molecular formula is C19H18N4O2S. The van der Waals surface area contributed by atoms with Gasteiger partial charge in [-0.3, -0.25) is 0 Å². The Morgan fingerprint density at radius 1 is 1.31 bits per heavy atom. The summed E-state index contributed by atoms with van der Waals surface area (Å²) in [7, 11) is 1.63. The van der Waals surface area contributed by atoms with Gasteiger partial charge in [-0.2, -0.15) is 0 Å². The summed E-state index contributed by atoms with van der Waals surface area (Å²) in [5.74, 6) is 1.94. The lowest BCUT2D eigenvalue weighted by Crippen LogP contribution is -2.06. The van der Waals surface area contributed by atoms with Crippen LogP contribution in [0.1, 0.15) is 24.4 Å². The van der Waals surface area contributed by atoms with E-state index in [2.05, 4.69) is 21.6 Å². The topological polar surface area (TPSA) is 61.5 Å². The first-order chi connectivity index (χ1) is 12.7. The minimum Gasteiger partial charge on any atom is -0.493 e. The quantitative estimate of drug-likeness (QED) is 0.478. The summed E-state index contributed by atoms with van der Waals surface area (Å²) in [6.45, 7) is 5.69. The van der Waals surface area contributed by atoms with Crippen LogP contribution in [0.15, 0.2) is 48.6 Å². The number of hydrogen-bond acceptors (Lipinski definition) is 6. The molecule has 0 aliphatic rings. The Hall–Kier alpha value is -2.93. The van der Waals surface area contributed by atoms with E-state index in [1.54, 1.807) is 29.3 Å². The molecule has 4 rings (SSSR count). The summed E-state index contributed by atoms with van der Waals surface area (Å²) >= 11 is 1.59. The fraction of sp³-hybridized carbons (Fsp3) is 0.211. The van der Waals surface area contributed by atoms with Crippen LogP contribution < -0.4 is 9.47 Å². The molecule has 1 atom stereocenters. The van der Waals surface area contributed by atoms with Crippen LogP contribution in [0, 0.1) is 0 Å². The Balaban J connectivity index is 1.64. The highest BCUT2D eigenvalue weighted by Crippen LogP contribution is 2.32. The molecule has 3 heterocycles. The number of ether oxygens (including phenoxy) is 2. The molecule has 0 aliphatic carbocycles. The summed E-state index contributed by atoms with van der Waals surface area (Å²) in [5.41, 5.74) is 1.91. The molecule has 0 aliphatic heterocycles. The van der Waals surface area contributed by atoms with Crippen molar-refractivity contribution in [3.05, 3.63) is 60.0 Å². The summed E-state index contributed by atoms with van der Waals surface area (Å²) < 4.78 is 13.2. The molecule has 4 aromatic rings. The third-order valence-electron chi connectivity index (χ3n) is 4.09. The van der Waals surface area contributed by atoms with E-state index in [4.69, 9.17) is 9.47 Å². The van der Waals surface area contributed by atoms with Gasteiger partial charge < -0.3 is 9.47 Å². The van der Waals surface area contributed by atoms with Crippen LogP contribution in [0.25, 0.3) is 15.9 Å². The van der Waals surface area contributed by atoms with Crippen molar-refractivity contribution in [3.8, 4) is 11.5 Å². The number of rotatable bonds is 6. The largest absolute Gasteiger partial charge is 0.493 e. The van der Waals surface area contributed by atoms with Crippen molar-refractivity contribution in [1.82, 2.24) is 19.6 Å². The molecule has 1 unspecified atom stereocenters. The smallest absolute Gasteiger partial charge is 0.192 e. The Morgan fingerprint density at radius 3 is 3.00 bits per heavy atom. The first-order valence-electron chi connectivity index (χ1n) is 8.22. The Bertz CT molecular complexity index is 1090. The van der Waals surface area contributed by atoms with Crippen LogP contribution in [0.2, 0.25) is 0 Å². The predicted molar refractivity (Wildman–Crippen MR) is 102 cm³/mol. The van der Waals surface area contributed by atoms with Gasteiger partial charge in [-0.05, 0) is 42.5 Å². The third kappa shape index (κ3) is 2.90. The van der Waals surface area contributed by atoms with E-state index in [1.807, 2.05) is 42.6 Å². The van der Waals surface area contributed by atoms with E-state index < -0.39 is 0 Å². The van der Waals surface area contributed by atoms with Crippen molar-refractivity contribution in [2.45, 2.75) is 19.4 Å². The highest BCUT2D eigenvalue weighted by Gasteiger charge is 2.18. The van der Waals surface area contributed by atoms with E-state index in [1.165, 1.54) is 0 Å². The van der Waals surface area contributed by atoms with Gasteiger partial charge in [-0.25, -0.2) is 14.5 Å². The fourth-order valence-corrected chi connectivity index (χ4v) is 3.53. The fourth-order valence-electron chi connectivity index (χ4n) is 2.80. The minimum atomic E-state index is -0.331. The Morgan fingerprint density at radius 2 is 2.19 bits per heavy atom. The van der Waals surface area contributed by atoms with Gasteiger partial charge in [0.25, 0.3) is 0 Å². The van der Waals surface area contributed by atoms with Gasteiger partial charge in [0.15, 0.2) is 29.1 Å².